The smallest absolute Gasteiger partial charge is 0.139 e. The molecule has 4 rings (SSSR count). The van der Waals surface area contributed by atoms with Gasteiger partial charge in [0.25, 0.3) is 0 Å². The van der Waals surface area contributed by atoms with E-state index in [9.17, 15) is 10.2 Å². The Kier molecular flexibility index (Phi) is 6.04. The molecule has 25 heavy (non-hydrogen) atoms. The molecule has 2 N–H and O–H groups in total. The van der Waals surface area contributed by atoms with Crippen molar-refractivity contribution in [1.29, 1.82) is 0 Å². The molecule has 2 aromatic rings. The lowest BCUT2D eigenvalue weighted by molar-refractivity contribution is 0.469. The first-order valence-corrected chi connectivity index (χ1v) is 9.15. The summed E-state index contributed by atoms with van der Waals surface area (Å²) in [5.74, 6) is 0.698. The molecule has 0 bridgehead atoms. The van der Waals surface area contributed by atoms with E-state index >= 15 is 0 Å². The van der Waals surface area contributed by atoms with Crippen LogP contribution in [-0.2, 0) is 0 Å². The molecule has 0 atom stereocenters. The van der Waals surface area contributed by atoms with Crippen molar-refractivity contribution in [3.8, 4) is 11.5 Å². The Hall–Kier alpha value is -2.36. The Morgan fingerprint density at radius 2 is 1.04 bits per heavy atom. The maximum atomic E-state index is 9.59. The summed E-state index contributed by atoms with van der Waals surface area (Å²) in [7, 11) is 0. The third-order valence-electron chi connectivity index (χ3n) is 4.72. The molecule has 0 saturated carbocycles. The molecule has 2 aliphatic heterocycles. The van der Waals surface area contributed by atoms with Gasteiger partial charge in [-0.05, 0) is 44.2 Å². The number of nitrogens with zero attached hydrogens (tertiary/aromatic N) is 2. The summed E-state index contributed by atoms with van der Waals surface area (Å²) in [6, 6.07) is 16.9. The molecule has 2 aliphatic rings. The molecular weight excluding hydrogens is 312 g/mol. The van der Waals surface area contributed by atoms with Crippen molar-refractivity contribution >= 4 is 11.4 Å². The molecule has 0 aliphatic carbocycles. The third-order valence-corrected chi connectivity index (χ3v) is 4.72. The molecule has 2 fully saturated rings. The fourth-order valence-corrected chi connectivity index (χ4v) is 3.40. The van der Waals surface area contributed by atoms with Gasteiger partial charge in [-0.25, -0.2) is 0 Å². The normalized spacial score (nSPS) is 17.1. The van der Waals surface area contributed by atoms with Crippen LogP contribution < -0.4 is 9.80 Å². The Labute approximate surface area is 150 Å². The van der Waals surface area contributed by atoms with Crippen LogP contribution in [0.5, 0.6) is 11.5 Å². The van der Waals surface area contributed by atoms with Gasteiger partial charge in [0.1, 0.15) is 11.5 Å². The molecule has 132 valence electrons. The van der Waals surface area contributed by atoms with E-state index in [-0.39, 0.29) is 0 Å². The summed E-state index contributed by atoms with van der Waals surface area (Å²) in [5, 5.41) is 19.1. The lowest BCUT2D eigenvalue weighted by atomic mass is 10.1. The first-order chi connectivity index (χ1) is 12.3. The van der Waals surface area contributed by atoms with Crippen LogP contribution in [-0.4, -0.2) is 36.4 Å². The van der Waals surface area contributed by atoms with E-state index in [1.165, 1.54) is 32.1 Å². The second-order valence-electron chi connectivity index (χ2n) is 6.55. The molecule has 2 aromatic carbocycles. The highest BCUT2D eigenvalue weighted by atomic mass is 16.3. The standard InChI is InChI=1S/C11H14NO.C10H12NO/c13-11-7-3-2-6-10(11)12-8-4-1-5-9-12;12-10-6-2-1-5-9(10)11-7-3-4-8-11/h2-3,7,13H,1,4-5,8-9H2;1-2,6,12H,3-4,7-8H2. The van der Waals surface area contributed by atoms with Gasteiger partial charge in [0.2, 0.25) is 0 Å². The number of hydrogen-bond acceptors (Lipinski definition) is 4. The summed E-state index contributed by atoms with van der Waals surface area (Å²) < 4.78 is 0. The highest BCUT2D eigenvalue weighted by Crippen LogP contribution is 2.29. The van der Waals surface area contributed by atoms with E-state index in [0.717, 1.165) is 37.6 Å². The van der Waals surface area contributed by atoms with E-state index in [4.69, 9.17) is 0 Å². The van der Waals surface area contributed by atoms with Gasteiger partial charge in [-0.1, -0.05) is 24.3 Å². The summed E-state index contributed by atoms with van der Waals surface area (Å²) >= 11 is 0. The van der Waals surface area contributed by atoms with Gasteiger partial charge < -0.3 is 20.0 Å². The summed E-state index contributed by atoms with van der Waals surface area (Å²) in [4.78, 5) is 4.38. The van der Waals surface area contributed by atoms with Crippen molar-refractivity contribution in [3.05, 3.63) is 48.5 Å². The molecule has 0 spiro atoms. The second-order valence-corrected chi connectivity index (χ2v) is 6.55. The summed E-state index contributed by atoms with van der Waals surface area (Å²) in [5.41, 5.74) is 1.72. The van der Waals surface area contributed by atoms with E-state index in [1.807, 2.05) is 18.2 Å². The van der Waals surface area contributed by atoms with E-state index in [1.54, 1.807) is 18.2 Å². The van der Waals surface area contributed by atoms with Gasteiger partial charge in [0.15, 0.2) is 0 Å². The fraction of sp³-hybridized carbons (Fsp3) is 0.429. The molecular formula is C21H26N2O2. The molecule has 2 saturated heterocycles. The molecule has 0 amide bonds. The molecule has 0 aromatic heterocycles. The maximum Gasteiger partial charge on any atom is 0.139 e. The van der Waals surface area contributed by atoms with Crippen LogP contribution in [0.15, 0.2) is 36.4 Å². The number of anilines is 2. The van der Waals surface area contributed by atoms with E-state index in [0.29, 0.717) is 11.5 Å². The molecule has 4 heteroatoms. The number of rotatable bonds is 2. The van der Waals surface area contributed by atoms with E-state index in [2.05, 4.69) is 21.9 Å². The number of phenolic OH excluding ortho intramolecular Hbond substituents is 2. The summed E-state index contributed by atoms with van der Waals surface area (Å²) in [6.07, 6.45) is 6.21. The number of hydrogen-bond donors (Lipinski definition) is 2. The highest BCUT2D eigenvalue weighted by molar-refractivity contribution is 5.57. The van der Waals surface area contributed by atoms with Crippen molar-refractivity contribution in [1.82, 2.24) is 0 Å². The lowest BCUT2D eigenvalue weighted by Crippen LogP contribution is -2.29. The van der Waals surface area contributed by atoms with Gasteiger partial charge in [-0.3, -0.25) is 0 Å². The van der Waals surface area contributed by atoms with Gasteiger partial charge in [0.05, 0.1) is 11.4 Å². The van der Waals surface area contributed by atoms with Crippen LogP contribution >= 0.6 is 0 Å². The zero-order valence-electron chi connectivity index (χ0n) is 14.6. The quantitative estimate of drug-likeness (QED) is 0.870. The highest BCUT2D eigenvalue weighted by Gasteiger charge is 2.15. The SMILES string of the molecule is Oc1ccc[c]c1N1CCCC1.Oc1ccc[c]c1N1CCCCC1. The molecule has 2 heterocycles. The molecule has 0 unspecified atom stereocenters. The summed E-state index contributed by atoms with van der Waals surface area (Å²) in [6.45, 7) is 4.20. The predicted molar refractivity (Wildman–Crippen MR) is 101 cm³/mol. The lowest BCUT2D eigenvalue weighted by Gasteiger charge is -2.28. The Morgan fingerprint density at radius 3 is 1.44 bits per heavy atom. The van der Waals surface area contributed by atoms with Crippen LogP contribution in [0.1, 0.15) is 32.1 Å². The van der Waals surface area contributed by atoms with Crippen LogP contribution in [0.4, 0.5) is 11.4 Å². The first kappa shape index (κ1) is 17.5. The minimum atomic E-state index is 0.347. The monoisotopic (exact) mass is 338 g/mol. The Morgan fingerprint density at radius 1 is 0.640 bits per heavy atom. The Balaban J connectivity index is 0.000000146. The van der Waals surface area contributed by atoms with Crippen LogP contribution in [0.25, 0.3) is 0 Å². The zero-order chi connectivity index (χ0) is 17.5. The number of phenols is 2. The maximum absolute atomic E-state index is 9.59. The average Bonchev–Trinajstić information content (AvgIpc) is 3.18. The van der Waals surface area contributed by atoms with Crippen molar-refractivity contribution in [3.63, 3.8) is 0 Å². The van der Waals surface area contributed by atoms with Crippen molar-refractivity contribution in [2.45, 2.75) is 32.1 Å². The average molecular weight is 338 g/mol. The van der Waals surface area contributed by atoms with Crippen LogP contribution in [0.3, 0.4) is 0 Å². The fourth-order valence-electron chi connectivity index (χ4n) is 3.40. The van der Waals surface area contributed by atoms with Crippen molar-refractivity contribution in [2.24, 2.45) is 0 Å². The van der Waals surface area contributed by atoms with Gasteiger partial charge >= 0.3 is 0 Å². The van der Waals surface area contributed by atoms with Crippen LogP contribution in [0.2, 0.25) is 0 Å². The van der Waals surface area contributed by atoms with Crippen molar-refractivity contribution in [2.75, 3.05) is 36.0 Å². The van der Waals surface area contributed by atoms with Gasteiger partial charge in [0, 0.05) is 38.3 Å². The Bertz CT molecular complexity index is 662. The minimum Gasteiger partial charge on any atom is -0.506 e. The largest absolute Gasteiger partial charge is 0.506 e. The minimum absolute atomic E-state index is 0.347. The number of aromatic hydroxyl groups is 2. The number of benzene rings is 2. The van der Waals surface area contributed by atoms with Crippen molar-refractivity contribution < 1.29 is 10.2 Å². The predicted octanol–water partition coefficient (Wildman–Crippen LogP) is 3.98. The topological polar surface area (TPSA) is 46.9 Å². The third kappa shape index (κ3) is 4.59. The molecule has 2 radical (unpaired) electrons. The van der Waals surface area contributed by atoms with E-state index < -0.39 is 0 Å². The first-order valence-electron chi connectivity index (χ1n) is 9.15. The van der Waals surface area contributed by atoms with Crippen LogP contribution in [0, 0.1) is 12.1 Å². The molecule has 4 nitrogen and oxygen atoms in total. The second kappa shape index (κ2) is 8.65. The van der Waals surface area contributed by atoms with Gasteiger partial charge in [-0.2, -0.15) is 0 Å². The zero-order valence-corrected chi connectivity index (χ0v) is 14.6. The van der Waals surface area contributed by atoms with Gasteiger partial charge in [-0.15, -0.1) is 0 Å². The number of para-hydroxylation sites is 2. The number of piperidine rings is 1.